The Labute approximate surface area is 108 Å². The van der Waals surface area contributed by atoms with Crippen LogP contribution in [0.4, 0.5) is 11.5 Å². The molecule has 0 radical (unpaired) electrons. The first-order chi connectivity index (χ1) is 8.49. The van der Waals surface area contributed by atoms with E-state index in [4.69, 9.17) is 10.8 Å². The molecule has 1 heterocycles. The standard InChI is InChI=1S/C13H24N4O/c1-9(2)11-10(14)12(17(3)16-11)15-8-13(4-5-13)6-7-18/h9,15,18H,4-8,14H2,1-3H3. The van der Waals surface area contributed by atoms with Gasteiger partial charge in [-0.1, -0.05) is 13.8 Å². The van der Waals surface area contributed by atoms with Crippen LogP contribution in [0.1, 0.15) is 44.7 Å². The Hall–Kier alpha value is -1.23. The molecule has 0 saturated heterocycles. The summed E-state index contributed by atoms with van der Waals surface area (Å²) >= 11 is 0. The van der Waals surface area contributed by atoms with Crippen LogP contribution in [0.15, 0.2) is 0 Å². The quantitative estimate of drug-likeness (QED) is 0.720. The third-order valence-electron chi connectivity index (χ3n) is 3.89. The summed E-state index contributed by atoms with van der Waals surface area (Å²) in [6.45, 7) is 5.32. The summed E-state index contributed by atoms with van der Waals surface area (Å²) in [5, 5.41) is 16.9. The molecule has 4 N–H and O–H groups in total. The Morgan fingerprint density at radius 3 is 2.61 bits per heavy atom. The van der Waals surface area contributed by atoms with E-state index in [1.165, 1.54) is 12.8 Å². The number of hydrogen-bond acceptors (Lipinski definition) is 4. The highest BCUT2D eigenvalue weighted by molar-refractivity contribution is 5.65. The molecule has 0 bridgehead atoms. The fourth-order valence-electron chi connectivity index (χ4n) is 2.40. The van der Waals surface area contributed by atoms with E-state index in [-0.39, 0.29) is 12.0 Å². The van der Waals surface area contributed by atoms with Crippen molar-refractivity contribution in [2.24, 2.45) is 12.5 Å². The number of rotatable bonds is 6. The molecule has 1 aromatic heterocycles. The van der Waals surface area contributed by atoms with E-state index < -0.39 is 0 Å². The minimum atomic E-state index is 0.264. The number of aliphatic hydroxyl groups is 1. The maximum atomic E-state index is 9.06. The van der Waals surface area contributed by atoms with Crippen molar-refractivity contribution in [3.05, 3.63) is 5.69 Å². The molecule has 0 unspecified atom stereocenters. The van der Waals surface area contributed by atoms with Crippen molar-refractivity contribution in [2.45, 2.75) is 39.0 Å². The van der Waals surface area contributed by atoms with Crippen LogP contribution in [0.2, 0.25) is 0 Å². The van der Waals surface area contributed by atoms with E-state index >= 15 is 0 Å². The van der Waals surface area contributed by atoms with Crippen molar-refractivity contribution in [1.29, 1.82) is 0 Å². The number of nitrogens with zero attached hydrogens (tertiary/aromatic N) is 2. The Morgan fingerprint density at radius 2 is 2.17 bits per heavy atom. The fourth-order valence-corrected chi connectivity index (χ4v) is 2.40. The maximum Gasteiger partial charge on any atom is 0.147 e. The molecular formula is C13H24N4O. The van der Waals surface area contributed by atoms with E-state index in [0.29, 0.717) is 5.92 Å². The van der Waals surface area contributed by atoms with Gasteiger partial charge in [0.2, 0.25) is 0 Å². The van der Waals surface area contributed by atoms with E-state index in [9.17, 15) is 0 Å². The van der Waals surface area contributed by atoms with E-state index in [0.717, 1.165) is 30.2 Å². The molecule has 5 nitrogen and oxygen atoms in total. The first kappa shape index (κ1) is 13.2. The number of aromatic nitrogens is 2. The molecule has 1 fully saturated rings. The number of aliphatic hydroxyl groups excluding tert-OH is 1. The smallest absolute Gasteiger partial charge is 0.147 e. The van der Waals surface area contributed by atoms with Crippen molar-refractivity contribution >= 4 is 11.5 Å². The second-order valence-electron chi connectivity index (χ2n) is 5.75. The fraction of sp³-hybridized carbons (Fsp3) is 0.769. The summed E-state index contributed by atoms with van der Waals surface area (Å²) in [7, 11) is 1.91. The molecule has 0 spiro atoms. The Balaban J connectivity index is 2.06. The zero-order chi connectivity index (χ0) is 13.3. The highest BCUT2D eigenvalue weighted by Crippen LogP contribution is 2.48. The zero-order valence-corrected chi connectivity index (χ0v) is 11.5. The number of nitrogens with one attached hydrogen (secondary N) is 1. The Bertz CT molecular complexity index is 421. The predicted molar refractivity (Wildman–Crippen MR) is 73.6 cm³/mol. The third-order valence-corrected chi connectivity index (χ3v) is 3.89. The van der Waals surface area contributed by atoms with Crippen molar-refractivity contribution in [3.8, 4) is 0 Å². The third kappa shape index (κ3) is 2.46. The van der Waals surface area contributed by atoms with Crippen molar-refractivity contribution < 1.29 is 5.11 Å². The normalized spacial score (nSPS) is 17.2. The molecule has 0 amide bonds. The monoisotopic (exact) mass is 252 g/mol. The molecule has 102 valence electrons. The van der Waals surface area contributed by atoms with Gasteiger partial charge in [-0.2, -0.15) is 5.10 Å². The summed E-state index contributed by atoms with van der Waals surface area (Å²) in [6, 6.07) is 0. The van der Waals surface area contributed by atoms with Gasteiger partial charge in [0.25, 0.3) is 0 Å². The molecule has 0 aliphatic heterocycles. The molecule has 1 aliphatic rings. The summed E-state index contributed by atoms with van der Waals surface area (Å²) in [5.74, 6) is 1.24. The lowest BCUT2D eigenvalue weighted by Crippen LogP contribution is -2.18. The molecule has 0 aromatic carbocycles. The number of nitrogen functional groups attached to an aromatic ring is 1. The van der Waals surface area contributed by atoms with Gasteiger partial charge in [-0.15, -0.1) is 0 Å². The molecule has 5 heteroatoms. The molecule has 2 rings (SSSR count). The SMILES string of the molecule is CC(C)c1nn(C)c(NCC2(CCO)CC2)c1N. The lowest BCUT2D eigenvalue weighted by atomic mass is 10.0. The van der Waals surface area contributed by atoms with Crippen LogP contribution < -0.4 is 11.1 Å². The van der Waals surface area contributed by atoms with Gasteiger partial charge in [-0.25, -0.2) is 0 Å². The van der Waals surface area contributed by atoms with Gasteiger partial charge in [-0.3, -0.25) is 4.68 Å². The molecular weight excluding hydrogens is 228 g/mol. The van der Waals surface area contributed by atoms with Crippen LogP contribution in [0, 0.1) is 5.41 Å². The van der Waals surface area contributed by atoms with Crippen LogP contribution in [-0.4, -0.2) is 28.0 Å². The summed E-state index contributed by atoms with van der Waals surface area (Å²) in [5.41, 5.74) is 8.12. The first-order valence-electron chi connectivity index (χ1n) is 6.66. The lowest BCUT2D eigenvalue weighted by molar-refractivity contribution is 0.253. The van der Waals surface area contributed by atoms with Crippen LogP contribution in [0.5, 0.6) is 0 Å². The number of nitrogens with two attached hydrogens (primary N) is 1. The second-order valence-corrected chi connectivity index (χ2v) is 5.75. The van der Waals surface area contributed by atoms with Gasteiger partial charge in [0.1, 0.15) is 5.82 Å². The van der Waals surface area contributed by atoms with Gasteiger partial charge in [-0.05, 0) is 30.6 Å². The van der Waals surface area contributed by atoms with Gasteiger partial charge in [0.15, 0.2) is 0 Å². The average molecular weight is 252 g/mol. The summed E-state index contributed by atoms with van der Waals surface area (Å²) < 4.78 is 1.82. The maximum absolute atomic E-state index is 9.06. The number of aryl methyl sites for hydroxylation is 1. The van der Waals surface area contributed by atoms with Crippen molar-refractivity contribution in [1.82, 2.24) is 9.78 Å². The first-order valence-corrected chi connectivity index (χ1v) is 6.66. The van der Waals surface area contributed by atoms with E-state index in [1.807, 2.05) is 11.7 Å². The molecule has 1 aliphatic carbocycles. The second kappa shape index (κ2) is 4.80. The molecule has 1 saturated carbocycles. The highest BCUT2D eigenvalue weighted by Gasteiger charge is 2.41. The highest BCUT2D eigenvalue weighted by atomic mass is 16.3. The lowest BCUT2D eigenvalue weighted by Gasteiger charge is -2.16. The summed E-state index contributed by atoms with van der Waals surface area (Å²) in [6.07, 6.45) is 3.25. The topological polar surface area (TPSA) is 76.1 Å². The van der Waals surface area contributed by atoms with Gasteiger partial charge < -0.3 is 16.2 Å². The Kier molecular flexibility index (Phi) is 3.52. The Morgan fingerprint density at radius 1 is 1.50 bits per heavy atom. The van der Waals surface area contributed by atoms with Crippen LogP contribution in [-0.2, 0) is 7.05 Å². The molecule has 1 aromatic rings. The van der Waals surface area contributed by atoms with E-state index in [2.05, 4.69) is 24.3 Å². The van der Waals surface area contributed by atoms with E-state index in [1.54, 1.807) is 0 Å². The van der Waals surface area contributed by atoms with Crippen LogP contribution in [0.3, 0.4) is 0 Å². The number of hydrogen-bond donors (Lipinski definition) is 3. The van der Waals surface area contributed by atoms with Crippen molar-refractivity contribution in [2.75, 3.05) is 24.2 Å². The molecule has 0 atom stereocenters. The largest absolute Gasteiger partial charge is 0.396 e. The van der Waals surface area contributed by atoms with Gasteiger partial charge in [0.05, 0.1) is 11.4 Å². The number of anilines is 2. The zero-order valence-electron chi connectivity index (χ0n) is 11.5. The average Bonchev–Trinajstić information content (AvgIpc) is 2.99. The minimum absolute atomic E-state index is 0.264. The van der Waals surface area contributed by atoms with Crippen LogP contribution in [0.25, 0.3) is 0 Å². The summed E-state index contributed by atoms with van der Waals surface area (Å²) in [4.78, 5) is 0. The van der Waals surface area contributed by atoms with Crippen LogP contribution >= 0.6 is 0 Å². The van der Waals surface area contributed by atoms with Gasteiger partial charge >= 0.3 is 0 Å². The molecule has 18 heavy (non-hydrogen) atoms. The van der Waals surface area contributed by atoms with Gasteiger partial charge in [0, 0.05) is 20.2 Å². The van der Waals surface area contributed by atoms with Crippen molar-refractivity contribution in [3.63, 3.8) is 0 Å². The minimum Gasteiger partial charge on any atom is -0.396 e. The predicted octanol–water partition coefficient (Wildman–Crippen LogP) is 1.70.